The summed E-state index contributed by atoms with van der Waals surface area (Å²) in [7, 11) is 0. The van der Waals surface area contributed by atoms with Gasteiger partial charge in [-0.25, -0.2) is 4.79 Å². The van der Waals surface area contributed by atoms with Gasteiger partial charge in [0, 0.05) is 19.6 Å². The van der Waals surface area contributed by atoms with Crippen LogP contribution in [0.3, 0.4) is 0 Å². The lowest BCUT2D eigenvalue weighted by molar-refractivity contribution is 0.0376. The number of esters is 1. The Morgan fingerprint density at radius 2 is 2.21 bits per heavy atom. The summed E-state index contributed by atoms with van der Waals surface area (Å²) in [5, 5.41) is 7.77. The first-order chi connectivity index (χ1) is 11.6. The fraction of sp³-hybridized carbons (Fsp3) is 0.625. The van der Waals surface area contributed by atoms with Crippen LogP contribution in [0, 0.1) is 6.92 Å². The van der Waals surface area contributed by atoms with Crippen molar-refractivity contribution in [2.24, 2.45) is 0 Å². The molecule has 6 nitrogen and oxygen atoms in total. The molecule has 1 fully saturated rings. The van der Waals surface area contributed by atoms with E-state index >= 15 is 0 Å². The van der Waals surface area contributed by atoms with Crippen molar-refractivity contribution in [2.75, 3.05) is 51.3 Å². The van der Waals surface area contributed by atoms with E-state index in [2.05, 4.69) is 15.5 Å². The minimum absolute atomic E-state index is 0.280. The van der Waals surface area contributed by atoms with Gasteiger partial charge in [-0.05, 0) is 50.7 Å². The van der Waals surface area contributed by atoms with E-state index in [1.165, 1.54) is 11.3 Å². The number of hydrogen-bond donors (Lipinski definition) is 2. The number of thiophene rings is 1. The number of hydrogen-bond acceptors (Lipinski definition) is 6. The topological polar surface area (TPSA) is 62.8 Å². The van der Waals surface area contributed by atoms with Crippen LogP contribution in [-0.2, 0) is 9.47 Å². The molecule has 0 atom stereocenters. The second kappa shape index (κ2) is 9.93. The molecule has 1 aliphatic heterocycles. The normalized spacial score (nSPS) is 15.1. The number of nitrogens with one attached hydrogen (secondary N) is 2. The Morgan fingerprint density at radius 1 is 1.46 bits per heavy atom. The molecule has 1 aromatic rings. The zero-order chi connectivity index (χ0) is 17.4. The summed E-state index contributed by atoms with van der Waals surface area (Å²) in [6, 6.07) is 1.92. The van der Waals surface area contributed by atoms with E-state index in [9.17, 15) is 4.79 Å². The number of nitrogens with zero attached hydrogens (tertiary/aromatic N) is 1. The highest BCUT2D eigenvalue weighted by molar-refractivity contribution is 7.80. The van der Waals surface area contributed by atoms with E-state index in [4.69, 9.17) is 21.7 Å². The zero-order valence-electron chi connectivity index (χ0n) is 14.2. The molecule has 0 radical (unpaired) electrons. The summed E-state index contributed by atoms with van der Waals surface area (Å²) in [6.45, 7) is 9.61. The van der Waals surface area contributed by atoms with E-state index in [1.807, 2.05) is 13.0 Å². The quantitative estimate of drug-likeness (QED) is 0.433. The lowest BCUT2D eigenvalue weighted by atomic mass is 10.3. The van der Waals surface area contributed by atoms with Crippen molar-refractivity contribution >= 4 is 39.6 Å². The summed E-state index contributed by atoms with van der Waals surface area (Å²) in [6.07, 6.45) is 1.03. The van der Waals surface area contributed by atoms with Crippen LogP contribution in [0.15, 0.2) is 6.07 Å². The molecule has 2 N–H and O–H groups in total. The molecule has 1 aromatic heterocycles. The standard InChI is InChI=1S/C16H25N3O3S2/c1-3-22-15(20)14-12(2)11-13(24-14)18-16(23)17-5-4-6-19-7-9-21-10-8-19/h11H,3-10H2,1-2H3,(H2,17,18,23). The van der Waals surface area contributed by atoms with Gasteiger partial charge in [0.25, 0.3) is 0 Å². The number of thiocarbonyl (C=S) groups is 1. The molecule has 1 saturated heterocycles. The van der Waals surface area contributed by atoms with Crippen LogP contribution in [0.25, 0.3) is 0 Å². The lowest BCUT2D eigenvalue weighted by Crippen LogP contribution is -2.38. The van der Waals surface area contributed by atoms with Gasteiger partial charge in [0.1, 0.15) is 4.88 Å². The van der Waals surface area contributed by atoms with Crippen molar-refractivity contribution in [1.29, 1.82) is 0 Å². The van der Waals surface area contributed by atoms with Crippen molar-refractivity contribution in [2.45, 2.75) is 20.3 Å². The zero-order valence-corrected chi connectivity index (χ0v) is 15.9. The molecule has 0 unspecified atom stereocenters. The molecule has 24 heavy (non-hydrogen) atoms. The van der Waals surface area contributed by atoms with Crippen LogP contribution in [0.1, 0.15) is 28.6 Å². The fourth-order valence-corrected chi connectivity index (χ4v) is 3.68. The maximum atomic E-state index is 11.8. The average Bonchev–Trinajstić information content (AvgIpc) is 2.93. The van der Waals surface area contributed by atoms with Crippen molar-refractivity contribution < 1.29 is 14.3 Å². The van der Waals surface area contributed by atoms with Gasteiger partial charge in [-0.3, -0.25) is 4.90 Å². The summed E-state index contributed by atoms with van der Waals surface area (Å²) in [5.74, 6) is -0.280. The highest BCUT2D eigenvalue weighted by Crippen LogP contribution is 2.27. The summed E-state index contributed by atoms with van der Waals surface area (Å²) in [4.78, 5) is 14.8. The monoisotopic (exact) mass is 371 g/mol. The predicted octanol–water partition coefficient (Wildman–Crippen LogP) is 2.24. The Kier molecular flexibility index (Phi) is 7.90. The first-order valence-electron chi connectivity index (χ1n) is 8.22. The van der Waals surface area contributed by atoms with E-state index in [-0.39, 0.29) is 5.97 Å². The first-order valence-corrected chi connectivity index (χ1v) is 9.45. The Hall–Kier alpha value is -1.22. The molecular formula is C16H25N3O3S2. The Balaban J connectivity index is 1.70. The number of carbonyl (C=O) groups excluding carboxylic acids is 1. The molecule has 0 amide bonds. The van der Waals surface area contributed by atoms with Crippen molar-refractivity contribution in [1.82, 2.24) is 10.2 Å². The number of rotatable bonds is 7. The molecule has 1 aliphatic rings. The van der Waals surface area contributed by atoms with Crippen molar-refractivity contribution in [3.05, 3.63) is 16.5 Å². The van der Waals surface area contributed by atoms with Gasteiger partial charge in [-0.1, -0.05) is 0 Å². The highest BCUT2D eigenvalue weighted by Gasteiger charge is 2.15. The van der Waals surface area contributed by atoms with Crippen molar-refractivity contribution in [3.8, 4) is 0 Å². The van der Waals surface area contributed by atoms with Crippen LogP contribution in [0.5, 0.6) is 0 Å². The number of ether oxygens (including phenoxy) is 2. The van der Waals surface area contributed by atoms with Gasteiger partial charge in [-0.2, -0.15) is 0 Å². The van der Waals surface area contributed by atoms with Crippen LogP contribution in [0.4, 0.5) is 5.00 Å². The third kappa shape index (κ3) is 6.01. The molecule has 0 bridgehead atoms. The minimum Gasteiger partial charge on any atom is -0.462 e. The van der Waals surface area contributed by atoms with Gasteiger partial charge < -0.3 is 20.1 Å². The van der Waals surface area contributed by atoms with Crippen LogP contribution in [0.2, 0.25) is 0 Å². The van der Waals surface area contributed by atoms with E-state index in [1.54, 1.807) is 6.92 Å². The third-order valence-electron chi connectivity index (χ3n) is 3.66. The molecular weight excluding hydrogens is 346 g/mol. The van der Waals surface area contributed by atoms with Gasteiger partial charge in [0.15, 0.2) is 5.11 Å². The molecule has 0 aliphatic carbocycles. The van der Waals surface area contributed by atoms with Gasteiger partial charge >= 0.3 is 5.97 Å². The Labute approximate surface area is 152 Å². The van der Waals surface area contributed by atoms with E-state index < -0.39 is 0 Å². The first kappa shape index (κ1) is 19.1. The van der Waals surface area contributed by atoms with Crippen LogP contribution >= 0.6 is 23.6 Å². The maximum Gasteiger partial charge on any atom is 0.348 e. The summed E-state index contributed by atoms with van der Waals surface area (Å²) in [5.41, 5.74) is 0.899. The number of morpholine rings is 1. The number of aryl methyl sites for hydroxylation is 1. The van der Waals surface area contributed by atoms with E-state index in [0.717, 1.165) is 56.4 Å². The van der Waals surface area contributed by atoms with E-state index in [0.29, 0.717) is 16.6 Å². The highest BCUT2D eigenvalue weighted by atomic mass is 32.1. The minimum atomic E-state index is -0.280. The second-order valence-corrected chi connectivity index (χ2v) is 6.99. The van der Waals surface area contributed by atoms with Crippen LogP contribution < -0.4 is 10.6 Å². The SMILES string of the molecule is CCOC(=O)c1sc(NC(=S)NCCCN2CCOCC2)cc1C. The number of anilines is 1. The van der Waals surface area contributed by atoms with Gasteiger partial charge in [0.2, 0.25) is 0 Å². The second-order valence-electron chi connectivity index (χ2n) is 5.53. The number of carbonyl (C=O) groups is 1. The average molecular weight is 372 g/mol. The summed E-state index contributed by atoms with van der Waals surface area (Å²) >= 11 is 6.67. The molecule has 2 heterocycles. The Morgan fingerprint density at radius 3 is 2.92 bits per heavy atom. The third-order valence-corrected chi connectivity index (χ3v) is 5.03. The molecule has 8 heteroatoms. The van der Waals surface area contributed by atoms with Crippen LogP contribution in [-0.4, -0.2) is 62.0 Å². The Bertz CT molecular complexity index is 557. The summed E-state index contributed by atoms with van der Waals surface area (Å²) < 4.78 is 10.4. The smallest absolute Gasteiger partial charge is 0.348 e. The predicted molar refractivity (Wildman–Crippen MR) is 101 cm³/mol. The maximum absolute atomic E-state index is 11.8. The molecule has 0 spiro atoms. The largest absolute Gasteiger partial charge is 0.462 e. The molecule has 0 aromatic carbocycles. The molecule has 2 rings (SSSR count). The molecule has 134 valence electrons. The van der Waals surface area contributed by atoms with Gasteiger partial charge in [-0.15, -0.1) is 11.3 Å². The fourth-order valence-electron chi connectivity index (χ4n) is 2.43. The van der Waals surface area contributed by atoms with Gasteiger partial charge in [0.05, 0.1) is 24.8 Å². The molecule has 0 saturated carbocycles. The lowest BCUT2D eigenvalue weighted by Gasteiger charge is -2.26. The van der Waals surface area contributed by atoms with Crippen molar-refractivity contribution in [3.63, 3.8) is 0 Å².